The Labute approximate surface area is 184 Å². The minimum atomic E-state index is -1.75. The molecule has 1 unspecified atom stereocenters. The summed E-state index contributed by atoms with van der Waals surface area (Å²) in [5, 5.41) is 15.1. The molecule has 30 heavy (non-hydrogen) atoms. The van der Waals surface area contributed by atoms with Crippen molar-refractivity contribution in [3.63, 3.8) is 0 Å². The number of hydrogen-bond donors (Lipinski definition) is 1. The topological polar surface area (TPSA) is 55.8 Å². The molecule has 0 spiro atoms. The van der Waals surface area contributed by atoms with Gasteiger partial charge in [-0.15, -0.1) is 22.7 Å². The summed E-state index contributed by atoms with van der Waals surface area (Å²) < 4.78 is 12.5. The number of esters is 1. The number of likely N-dealkylation sites (N-methyl/N-ethyl adjacent to an activating group) is 1. The van der Waals surface area contributed by atoms with Crippen molar-refractivity contribution in [3.05, 3.63) is 75.1 Å². The van der Waals surface area contributed by atoms with Crippen LogP contribution in [0, 0.1) is 0 Å². The van der Waals surface area contributed by atoms with Crippen molar-refractivity contribution in [3.8, 4) is 5.75 Å². The maximum absolute atomic E-state index is 13.1. The molecule has 3 aromatic rings. The van der Waals surface area contributed by atoms with E-state index in [0.29, 0.717) is 16.4 Å². The third-order valence-electron chi connectivity index (χ3n) is 5.60. The molecule has 1 aliphatic heterocycles. The van der Waals surface area contributed by atoms with E-state index in [9.17, 15) is 9.90 Å². The fourth-order valence-corrected chi connectivity index (χ4v) is 5.57. The fourth-order valence-electron chi connectivity index (χ4n) is 3.86. The molecule has 1 N–H and O–H groups in total. The lowest BCUT2D eigenvalue weighted by molar-refractivity contribution is -0.898. The molecule has 5 nitrogen and oxygen atoms in total. The summed E-state index contributed by atoms with van der Waals surface area (Å²) in [7, 11) is 2.16. The average molecular weight is 445 g/mol. The number of benzene rings is 1. The number of carbonyl (C=O) groups is 1. The number of para-hydroxylation sites is 1. The van der Waals surface area contributed by atoms with Gasteiger partial charge in [0.25, 0.3) is 0 Å². The van der Waals surface area contributed by atoms with Crippen LogP contribution in [0.25, 0.3) is 0 Å². The standard InChI is InChI=1S/C23H26NO4S2/c1-24(13-14-27-18-7-3-2-4-8-18)12-11-19(17-24)28-22(25)23(26,20-9-5-15-29-20)21-10-6-16-30-21/h2-10,15-16,19,26H,11-14,17H2,1H3/q+1/t19?,24-/m0/s1. The number of aliphatic hydroxyl groups is 1. The third-order valence-corrected chi connectivity index (χ3v) is 7.56. The number of ether oxygens (including phenoxy) is 2. The Bertz CT molecular complexity index is 909. The molecule has 0 aliphatic carbocycles. The quantitative estimate of drug-likeness (QED) is 0.423. The lowest BCUT2D eigenvalue weighted by Gasteiger charge is -2.30. The molecule has 1 saturated heterocycles. The van der Waals surface area contributed by atoms with E-state index in [2.05, 4.69) is 7.05 Å². The molecule has 7 heteroatoms. The molecule has 0 radical (unpaired) electrons. The zero-order valence-corrected chi connectivity index (χ0v) is 18.5. The predicted octanol–water partition coefficient (Wildman–Crippen LogP) is 3.89. The first-order valence-electron chi connectivity index (χ1n) is 10.0. The van der Waals surface area contributed by atoms with Gasteiger partial charge in [-0.3, -0.25) is 0 Å². The highest BCUT2D eigenvalue weighted by Gasteiger charge is 2.46. The van der Waals surface area contributed by atoms with E-state index in [4.69, 9.17) is 9.47 Å². The second-order valence-corrected chi connectivity index (χ2v) is 9.79. The molecule has 0 amide bonds. The van der Waals surface area contributed by atoms with Gasteiger partial charge in [0.2, 0.25) is 5.60 Å². The number of thiophene rings is 2. The van der Waals surface area contributed by atoms with Crippen LogP contribution >= 0.6 is 22.7 Å². The monoisotopic (exact) mass is 444 g/mol. The highest BCUT2D eigenvalue weighted by Crippen LogP contribution is 2.37. The van der Waals surface area contributed by atoms with Gasteiger partial charge in [0.15, 0.2) is 6.10 Å². The minimum Gasteiger partial charge on any atom is -0.488 e. The van der Waals surface area contributed by atoms with Crippen molar-refractivity contribution >= 4 is 28.6 Å². The summed E-state index contributed by atoms with van der Waals surface area (Å²) in [6, 6.07) is 17.0. The number of carbonyl (C=O) groups excluding carboxylic acids is 1. The smallest absolute Gasteiger partial charge is 0.349 e. The summed E-state index contributed by atoms with van der Waals surface area (Å²) >= 11 is 2.72. The summed E-state index contributed by atoms with van der Waals surface area (Å²) in [5.41, 5.74) is -1.75. The van der Waals surface area contributed by atoms with Gasteiger partial charge in [-0.2, -0.15) is 0 Å². The van der Waals surface area contributed by atoms with Crippen LogP contribution in [0.2, 0.25) is 0 Å². The van der Waals surface area contributed by atoms with Gasteiger partial charge in [-0.05, 0) is 35.0 Å². The van der Waals surface area contributed by atoms with Gasteiger partial charge in [-0.1, -0.05) is 30.3 Å². The normalized spacial score (nSPS) is 21.5. The second-order valence-electron chi connectivity index (χ2n) is 7.89. The maximum atomic E-state index is 13.1. The minimum absolute atomic E-state index is 0.217. The van der Waals surface area contributed by atoms with Crippen molar-refractivity contribution in [2.75, 3.05) is 33.3 Å². The van der Waals surface area contributed by atoms with Gasteiger partial charge < -0.3 is 19.1 Å². The van der Waals surface area contributed by atoms with Gasteiger partial charge in [-0.25, -0.2) is 4.79 Å². The van der Waals surface area contributed by atoms with Crippen LogP contribution < -0.4 is 4.74 Å². The molecule has 1 aliphatic rings. The molecule has 3 heterocycles. The summed E-state index contributed by atoms with van der Waals surface area (Å²) in [5.74, 6) is 0.273. The Morgan fingerprint density at radius 3 is 2.37 bits per heavy atom. The molecule has 158 valence electrons. The summed E-state index contributed by atoms with van der Waals surface area (Å²) in [4.78, 5) is 14.3. The van der Waals surface area contributed by atoms with Gasteiger partial charge in [0, 0.05) is 6.42 Å². The van der Waals surface area contributed by atoms with Crippen LogP contribution in [0.3, 0.4) is 0 Å². The van der Waals surface area contributed by atoms with E-state index in [1.54, 1.807) is 12.1 Å². The lowest BCUT2D eigenvalue weighted by Crippen LogP contribution is -2.46. The fraction of sp³-hybridized carbons (Fsp3) is 0.348. The zero-order valence-electron chi connectivity index (χ0n) is 16.9. The Kier molecular flexibility index (Phi) is 6.24. The van der Waals surface area contributed by atoms with Crippen molar-refractivity contribution in [2.24, 2.45) is 0 Å². The first-order chi connectivity index (χ1) is 14.5. The Hall–Kier alpha value is -2.19. The first kappa shape index (κ1) is 21.1. The molecule has 0 saturated carbocycles. The lowest BCUT2D eigenvalue weighted by atomic mass is 10.00. The number of likely N-dealkylation sites (tertiary alicyclic amines) is 1. The molecule has 0 bridgehead atoms. The van der Waals surface area contributed by atoms with E-state index < -0.39 is 11.6 Å². The molecule has 1 aromatic carbocycles. The van der Waals surface area contributed by atoms with Crippen LogP contribution in [0.5, 0.6) is 5.75 Å². The Morgan fingerprint density at radius 2 is 1.77 bits per heavy atom. The molecular weight excluding hydrogens is 418 g/mol. The first-order valence-corrected chi connectivity index (χ1v) is 11.8. The summed E-state index contributed by atoms with van der Waals surface area (Å²) in [6.07, 6.45) is 0.559. The van der Waals surface area contributed by atoms with Crippen LogP contribution in [-0.4, -0.2) is 55.0 Å². The average Bonchev–Trinajstić information content (AvgIpc) is 3.51. The van der Waals surface area contributed by atoms with Gasteiger partial charge >= 0.3 is 5.97 Å². The van der Waals surface area contributed by atoms with E-state index in [1.165, 1.54) is 22.7 Å². The maximum Gasteiger partial charge on any atom is 0.349 e. The van der Waals surface area contributed by atoms with Crippen LogP contribution in [0.15, 0.2) is 65.4 Å². The molecule has 1 fully saturated rings. The largest absolute Gasteiger partial charge is 0.488 e. The van der Waals surface area contributed by atoms with Gasteiger partial charge in [0.1, 0.15) is 25.4 Å². The Morgan fingerprint density at radius 1 is 1.10 bits per heavy atom. The van der Waals surface area contributed by atoms with E-state index >= 15 is 0 Å². The number of hydrogen-bond acceptors (Lipinski definition) is 6. The van der Waals surface area contributed by atoms with Crippen molar-refractivity contribution < 1.29 is 23.9 Å². The van der Waals surface area contributed by atoms with Crippen LogP contribution in [0.1, 0.15) is 16.2 Å². The van der Waals surface area contributed by atoms with Crippen molar-refractivity contribution in [1.82, 2.24) is 0 Å². The highest BCUT2D eigenvalue weighted by molar-refractivity contribution is 7.12. The van der Waals surface area contributed by atoms with Crippen LogP contribution in [-0.2, 0) is 15.1 Å². The highest BCUT2D eigenvalue weighted by atomic mass is 32.1. The number of rotatable bonds is 8. The van der Waals surface area contributed by atoms with Gasteiger partial charge in [0.05, 0.1) is 23.3 Å². The molecule has 2 atom stereocenters. The second kappa shape index (κ2) is 8.89. The van der Waals surface area contributed by atoms with E-state index in [1.807, 2.05) is 53.2 Å². The molecule has 2 aromatic heterocycles. The SMILES string of the molecule is C[N@@+]1(CCOc2ccccc2)CCC(OC(=O)C(O)(c2cccs2)c2cccs2)C1. The number of quaternary nitrogens is 1. The Balaban J connectivity index is 1.37. The summed E-state index contributed by atoms with van der Waals surface area (Å²) in [6.45, 7) is 3.07. The predicted molar refractivity (Wildman–Crippen MR) is 119 cm³/mol. The van der Waals surface area contributed by atoms with E-state index in [0.717, 1.165) is 36.3 Å². The van der Waals surface area contributed by atoms with E-state index in [-0.39, 0.29) is 6.10 Å². The third kappa shape index (κ3) is 4.44. The van der Waals surface area contributed by atoms with Crippen LogP contribution in [0.4, 0.5) is 0 Å². The molecule has 4 rings (SSSR count). The number of nitrogens with zero attached hydrogens (tertiary/aromatic N) is 1. The molecular formula is C23H26NO4S2+. The zero-order chi connectivity index (χ0) is 21.0. The van der Waals surface area contributed by atoms with Crippen molar-refractivity contribution in [1.29, 1.82) is 0 Å². The van der Waals surface area contributed by atoms with Crippen molar-refractivity contribution in [2.45, 2.75) is 18.1 Å².